The fraction of sp³-hybridized carbons (Fsp3) is 0.571. The summed E-state index contributed by atoms with van der Waals surface area (Å²) in [7, 11) is -4.80. The predicted molar refractivity (Wildman–Crippen MR) is 163 cm³/mol. The van der Waals surface area contributed by atoms with Crippen molar-refractivity contribution >= 4 is 43.3 Å². The Bertz CT molecular complexity index is 1260. The van der Waals surface area contributed by atoms with Crippen molar-refractivity contribution in [1.82, 2.24) is 20.9 Å². The molecular formula is C28H44FN6O10P. The Morgan fingerprint density at radius 1 is 0.957 bits per heavy atom. The van der Waals surface area contributed by atoms with Crippen LogP contribution in [-0.4, -0.2) is 88.0 Å². The number of phosphoric ester groups is 1. The molecule has 1 aromatic carbocycles. The molecule has 0 radical (unpaired) electrons. The molecule has 0 saturated heterocycles. The summed E-state index contributed by atoms with van der Waals surface area (Å²) in [6.45, 7) is 3.47. The van der Waals surface area contributed by atoms with Gasteiger partial charge in [0, 0.05) is 26.3 Å². The molecule has 1 aromatic rings. The Hall–Kier alpha value is -4.08. The zero-order valence-corrected chi connectivity index (χ0v) is 27.0. The molecule has 0 aliphatic carbocycles. The van der Waals surface area contributed by atoms with Gasteiger partial charge in [-0.2, -0.15) is 0 Å². The van der Waals surface area contributed by atoms with Gasteiger partial charge in [-0.15, -0.1) is 0 Å². The lowest BCUT2D eigenvalue weighted by molar-refractivity contribution is -0.140. The van der Waals surface area contributed by atoms with E-state index in [2.05, 4.69) is 20.5 Å². The first kappa shape index (κ1) is 39.9. The maximum absolute atomic E-state index is 13.7. The Labute approximate surface area is 266 Å². The molecule has 0 unspecified atom stereocenters. The minimum Gasteiger partial charge on any atom is -0.404 e. The van der Waals surface area contributed by atoms with E-state index in [1.165, 1.54) is 24.3 Å². The van der Waals surface area contributed by atoms with E-state index >= 15 is 0 Å². The summed E-state index contributed by atoms with van der Waals surface area (Å²) in [5.41, 5.74) is 11.1. The molecule has 3 atom stereocenters. The second kappa shape index (κ2) is 19.4. The number of amides is 6. The van der Waals surface area contributed by atoms with Crippen molar-refractivity contribution in [3.63, 3.8) is 0 Å². The number of phosphoric acid groups is 1. The summed E-state index contributed by atoms with van der Waals surface area (Å²) >= 11 is 0. The van der Waals surface area contributed by atoms with Crippen LogP contribution in [0.4, 0.5) is 4.39 Å². The van der Waals surface area contributed by atoms with Crippen molar-refractivity contribution in [3.05, 3.63) is 29.8 Å². The number of carbonyl (C=O) groups is 6. The second-order valence-electron chi connectivity index (χ2n) is 11.1. The number of nitrogens with two attached hydrogens (primary N) is 2. The van der Waals surface area contributed by atoms with Gasteiger partial charge in [0.15, 0.2) is 0 Å². The highest BCUT2D eigenvalue weighted by atomic mass is 31.2. The van der Waals surface area contributed by atoms with E-state index in [1.807, 2.05) is 13.8 Å². The van der Waals surface area contributed by atoms with E-state index < -0.39 is 74.6 Å². The van der Waals surface area contributed by atoms with Crippen LogP contribution in [0.3, 0.4) is 0 Å². The average molecular weight is 675 g/mol. The number of primary amides is 2. The van der Waals surface area contributed by atoms with Crippen LogP contribution in [0, 0.1) is 5.92 Å². The van der Waals surface area contributed by atoms with Gasteiger partial charge in [0.2, 0.25) is 35.4 Å². The van der Waals surface area contributed by atoms with Gasteiger partial charge >= 0.3 is 7.82 Å². The highest BCUT2D eigenvalue weighted by molar-refractivity contribution is 7.46. The normalized spacial score (nSPS) is 13.2. The number of halogens is 1. The van der Waals surface area contributed by atoms with Gasteiger partial charge in [-0.1, -0.05) is 26.0 Å². The number of rotatable bonds is 21. The van der Waals surface area contributed by atoms with Crippen LogP contribution >= 0.6 is 7.82 Å². The lowest BCUT2D eigenvalue weighted by Crippen LogP contribution is -2.56. The van der Waals surface area contributed by atoms with E-state index in [-0.39, 0.29) is 56.7 Å². The first-order valence-corrected chi connectivity index (χ1v) is 16.1. The average Bonchev–Trinajstić information content (AvgIpc) is 2.93. The van der Waals surface area contributed by atoms with Crippen molar-refractivity contribution < 1.29 is 52.0 Å². The maximum atomic E-state index is 13.7. The summed E-state index contributed by atoms with van der Waals surface area (Å²) in [6.07, 6.45) is -0.231. The summed E-state index contributed by atoms with van der Waals surface area (Å²) in [5, 5.41) is 7.47. The van der Waals surface area contributed by atoms with Gasteiger partial charge < -0.3 is 36.8 Å². The smallest absolute Gasteiger partial charge is 0.404 e. The van der Waals surface area contributed by atoms with Crippen LogP contribution in [-0.2, 0) is 39.8 Å². The molecule has 18 heteroatoms. The highest BCUT2D eigenvalue weighted by Gasteiger charge is 2.31. The van der Waals surface area contributed by atoms with Crippen LogP contribution in [0.25, 0.3) is 0 Å². The van der Waals surface area contributed by atoms with E-state index in [0.717, 1.165) is 11.8 Å². The predicted octanol–water partition coefficient (Wildman–Crippen LogP) is -0.450. The summed E-state index contributed by atoms with van der Waals surface area (Å²) in [6, 6.07) is 1.68. The van der Waals surface area contributed by atoms with Crippen molar-refractivity contribution in [2.45, 2.75) is 77.4 Å². The molecular weight excluding hydrogens is 630 g/mol. The van der Waals surface area contributed by atoms with Gasteiger partial charge in [-0.25, -0.2) is 4.57 Å². The number of carbonyl (C=O) groups excluding carboxylic acids is 6. The van der Waals surface area contributed by atoms with Gasteiger partial charge in [0.1, 0.15) is 23.9 Å². The first-order chi connectivity index (χ1) is 21.4. The molecule has 258 valence electrons. The monoisotopic (exact) mass is 674 g/mol. The molecule has 0 heterocycles. The lowest BCUT2D eigenvalue weighted by atomic mass is 10.0. The third-order valence-corrected chi connectivity index (χ3v) is 6.87. The maximum Gasteiger partial charge on any atom is 0.524 e. The van der Waals surface area contributed by atoms with Crippen LogP contribution in [0.2, 0.25) is 0 Å². The van der Waals surface area contributed by atoms with E-state index in [9.17, 15) is 37.7 Å². The third-order valence-electron chi connectivity index (χ3n) is 6.42. The SMILES string of the molecule is CC(=O)N[C@@H](Cc1ccc(OP(=O)(O)O)cc1)C(=O)N[C@@H](CCC(N)=O)C(=O)N(CCCCF)CC(=O)N[C@@H](CC(C)C)C(N)=O. The largest absolute Gasteiger partial charge is 0.524 e. The molecule has 46 heavy (non-hydrogen) atoms. The molecule has 0 aromatic heterocycles. The van der Waals surface area contributed by atoms with Crippen molar-refractivity contribution in [2.24, 2.45) is 17.4 Å². The van der Waals surface area contributed by atoms with Gasteiger partial charge in [-0.3, -0.25) is 42.9 Å². The van der Waals surface area contributed by atoms with Crippen molar-refractivity contribution in [1.29, 1.82) is 0 Å². The molecule has 1 rings (SSSR count). The topological polar surface area (TPSA) is 261 Å². The Morgan fingerprint density at radius 3 is 2.09 bits per heavy atom. The highest BCUT2D eigenvalue weighted by Crippen LogP contribution is 2.37. The summed E-state index contributed by atoms with van der Waals surface area (Å²) in [4.78, 5) is 94.4. The summed E-state index contributed by atoms with van der Waals surface area (Å²) < 4.78 is 28.5. The second-order valence-corrected chi connectivity index (χ2v) is 12.2. The van der Waals surface area contributed by atoms with Crippen molar-refractivity contribution in [3.8, 4) is 5.75 Å². The fourth-order valence-corrected chi connectivity index (χ4v) is 4.74. The molecule has 0 spiro atoms. The standard InChI is InChI=1S/C28H44FN6O10P/c1-17(2)14-22(26(31)39)33-25(38)16-35(13-5-4-12-29)28(41)21(10-11-24(30)37)34-27(40)23(32-18(3)36)15-19-6-8-20(9-7-19)45-46(42,43)44/h6-9,17,21-23H,4-5,10-16H2,1-3H3,(H2,30,37)(H2,31,39)(H,32,36)(H,33,38)(H,34,40)(H2,42,43,44)/t21-,22-,23-/m0/s1. The number of hydrogen-bond donors (Lipinski definition) is 7. The fourth-order valence-electron chi connectivity index (χ4n) is 4.35. The van der Waals surface area contributed by atoms with Crippen molar-refractivity contribution in [2.75, 3.05) is 19.8 Å². The van der Waals surface area contributed by atoms with Gasteiger partial charge in [0.25, 0.3) is 0 Å². The zero-order valence-electron chi connectivity index (χ0n) is 26.1. The number of alkyl halides is 1. The quantitative estimate of drug-likeness (QED) is 0.0652. The first-order valence-electron chi connectivity index (χ1n) is 14.5. The minimum absolute atomic E-state index is 0.0102. The Balaban J connectivity index is 3.24. The van der Waals surface area contributed by atoms with E-state index in [4.69, 9.17) is 21.3 Å². The van der Waals surface area contributed by atoms with E-state index in [0.29, 0.717) is 5.56 Å². The number of benzene rings is 1. The van der Waals surface area contributed by atoms with Crippen LogP contribution in [0.1, 0.15) is 58.4 Å². The van der Waals surface area contributed by atoms with E-state index in [1.54, 1.807) is 0 Å². The molecule has 0 bridgehead atoms. The molecule has 9 N–H and O–H groups in total. The number of unbranched alkanes of at least 4 members (excludes halogenated alkanes) is 1. The molecule has 6 amide bonds. The molecule has 0 saturated carbocycles. The zero-order chi connectivity index (χ0) is 35.0. The number of hydrogen-bond acceptors (Lipinski definition) is 8. The summed E-state index contributed by atoms with van der Waals surface area (Å²) in [5.74, 6) is -4.60. The van der Waals surface area contributed by atoms with Crippen LogP contribution in [0.15, 0.2) is 24.3 Å². The minimum atomic E-state index is -4.80. The van der Waals surface area contributed by atoms with Crippen LogP contribution in [0.5, 0.6) is 5.75 Å². The molecule has 0 aliphatic heterocycles. The van der Waals surface area contributed by atoms with Gasteiger partial charge in [-0.05, 0) is 49.3 Å². The Kier molecular flexibility index (Phi) is 16.9. The van der Waals surface area contributed by atoms with Gasteiger partial charge in [0.05, 0.1) is 13.2 Å². The molecule has 16 nitrogen and oxygen atoms in total. The third kappa shape index (κ3) is 16.3. The molecule has 0 aliphatic rings. The molecule has 0 fully saturated rings. The lowest BCUT2D eigenvalue weighted by Gasteiger charge is -2.29. The van der Waals surface area contributed by atoms with Crippen LogP contribution < -0.4 is 31.9 Å². The Morgan fingerprint density at radius 2 is 1.59 bits per heavy atom. The number of nitrogens with zero attached hydrogens (tertiary/aromatic N) is 1. The number of nitrogens with one attached hydrogen (secondary N) is 3.